The molecule has 2 nitrogen and oxygen atoms in total. The first-order chi connectivity index (χ1) is 7.79. The maximum Gasteiger partial charge on any atom is 0.146 e. The van der Waals surface area contributed by atoms with E-state index in [0.29, 0.717) is 24.8 Å². The van der Waals surface area contributed by atoms with E-state index < -0.39 is 0 Å². The third kappa shape index (κ3) is 3.17. The Morgan fingerprint density at radius 1 is 1.31 bits per heavy atom. The molecule has 0 N–H and O–H groups in total. The van der Waals surface area contributed by atoms with Gasteiger partial charge in [0.1, 0.15) is 5.78 Å². The summed E-state index contributed by atoms with van der Waals surface area (Å²) in [4.78, 5) is 13.8. The minimum atomic E-state index is 0.350. The van der Waals surface area contributed by atoms with Crippen molar-refractivity contribution >= 4 is 5.78 Å². The van der Waals surface area contributed by atoms with Crippen LogP contribution in [0.2, 0.25) is 0 Å². The van der Waals surface area contributed by atoms with Gasteiger partial charge < -0.3 is 0 Å². The molecule has 0 aliphatic heterocycles. The molecule has 0 atom stereocenters. The van der Waals surface area contributed by atoms with Crippen LogP contribution in [-0.2, 0) is 11.3 Å². The molecule has 0 unspecified atom stereocenters. The Kier molecular flexibility index (Phi) is 3.73. The number of hydrogen-bond acceptors (Lipinski definition) is 2. The Morgan fingerprint density at radius 3 is 2.56 bits per heavy atom. The van der Waals surface area contributed by atoms with Gasteiger partial charge >= 0.3 is 0 Å². The van der Waals surface area contributed by atoms with E-state index in [9.17, 15) is 4.79 Å². The predicted molar refractivity (Wildman–Crippen MR) is 65.2 cm³/mol. The van der Waals surface area contributed by atoms with Gasteiger partial charge in [-0.25, -0.2) is 0 Å². The number of benzene rings is 1. The molecule has 0 radical (unpaired) electrons. The van der Waals surface area contributed by atoms with E-state index in [-0.39, 0.29) is 0 Å². The van der Waals surface area contributed by atoms with Crippen LogP contribution in [0.25, 0.3) is 0 Å². The fraction of sp³-hybridized carbons (Fsp3) is 0.500. The van der Waals surface area contributed by atoms with Crippen LogP contribution in [0.15, 0.2) is 30.3 Å². The lowest BCUT2D eigenvalue weighted by atomic mass is 10.2. The highest BCUT2D eigenvalue weighted by Gasteiger charge is 2.29. The van der Waals surface area contributed by atoms with Crippen molar-refractivity contribution in [1.82, 2.24) is 4.90 Å². The summed E-state index contributed by atoms with van der Waals surface area (Å²) in [6.07, 6.45) is 3.16. The highest BCUT2D eigenvalue weighted by molar-refractivity contribution is 5.80. The van der Waals surface area contributed by atoms with E-state index in [1.54, 1.807) is 0 Å². The molecule has 0 spiro atoms. The number of carbonyl (C=O) groups excluding carboxylic acids is 1. The molecule has 1 aliphatic rings. The largest absolute Gasteiger partial charge is 0.298 e. The molecule has 2 heteroatoms. The molecular formula is C14H19NO. The third-order valence-electron chi connectivity index (χ3n) is 3.07. The van der Waals surface area contributed by atoms with Gasteiger partial charge in [-0.1, -0.05) is 37.3 Å². The number of rotatable bonds is 6. The first-order valence-corrected chi connectivity index (χ1v) is 6.09. The van der Waals surface area contributed by atoms with Crippen LogP contribution in [0.3, 0.4) is 0 Å². The zero-order chi connectivity index (χ0) is 11.4. The summed E-state index contributed by atoms with van der Waals surface area (Å²) in [5.41, 5.74) is 1.30. The Balaban J connectivity index is 1.95. The van der Waals surface area contributed by atoms with Crippen molar-refractivity contribution in [2.45, 2.75) is 38.8 Å². The van der Waals surface area contributed by atoms with Crippen LogP contribution >= 0.6 is 0 Å². The topological polar surface area (TPSA) is 20.3 Å². The fourth-order valence-corrected chi connectivity index (χ4v) is 1.91. The molecule has 1 aromatic rings. The molecule has 1 aromatic carbocycles. The van der Waals surface area contributed by atoms with Crippen molar-refractivity contribution in [2.24, 2.45) is 0 Å². The van der Waals surface area contributed by atoms with Crippen LogP contribution in [0.4, 0.5) is 0 Å². The van der Waals surface area contributed by atoms with Crippen molar-refractivity contribution in [3.63, 3.8) is 0 Å². The van der Waals surface area contributed by atoms with Crippen LogP contribution in [-0.4, -0.2) is 23.3 Å². The highest BCUT2D eigenvalue weighted by Crippen LogP contribution is 2.28. The molecular weight excluding hydrogens is 198 g/mol. The van der Waals surface area contributed by atoms with Crippen LogP contribution in [0.5, 0.6) is 0 Å². The van der Waals surface area contributed by atoms with Crippen molar-refractivity contribution in [3.05, 3.63) is 35.9 Å². The quantitative estimate of drug-likeness (QED) is 0.730. The van der Waals surface area contributed by atoms with Gasteiger partial charge in [0.05, 0.1) is 6.54 Å². The van der Waals surface area contributed by atoms with Crippen LogP contribution < -0.4 is 0 Å². The van der Waals surface area contributed by atoms with Gasteiger partial charge in [0.2, 0.25) is 0 Å². The lowest BCUT2D eigenvalue weighted by Crippen LogP contribution is -2.31. The zero-order valence-corrected chi connectivity index (χ0v) is 9.86. The summed E-state index contributed by atoms with van der Waals surface area (Å²) in [6, 6.07) is 11.1. The van der Waals surface area contributed by atoms with Gasteiger partial charge in [0.15, 0.2) is 0 Å². The normalized spacial score (nSPS) is 15.4. The lowest BCUT2D eigenvalue weighted by molar-refractivity contribution is -0.120. The van der Waals surface area contributed by atoms with Gasteiger partial charge in [-0.3, -0.25) is 9.69 Å². The number of Topliss-reactive ketones (excluding diaryl/α,β-unsaturated/α-hetero) is 1. The molecule has 86 valence electrons. The second kappa shape index (κ2) is 5.26. The summed E-state index contributed by atoms with van der Waals surface area (Å²) in [5.74, 6) is 0.350. The minimum Gasteiger partial charge on any atom is -0.298 e. The van der Waals surface area contributed by atoms with Crippen LogP contribution in [0, 0.1) is 0 Å². The lowest BCUT2D eigenvalue weighted by Gasteiger charge is -2.20. The average molecular weight is 217 g/mol. The molecule has 0 bridgehead atoms. The Bertz CT molecular complexity index is 343. The van der Waals surface area contributed by atoms with E-state index in [4.69, 9.17) is 0 Å². The van der Waals surface area contributed by atoms with Crippen molar-refractivity contribution < 1.29 is 4.79 Å². The summed E-state index contributed by atoms with van der Waals surface area (Å²) in [6.45, 7) is 3.48. The number of nitrogens with zero attached hydrogens (tertiary/aromatic N) is 1. The van der Waals surface area contributed by atoms with E-state index >= 15 is 0 Å². The maximum absolute atomic E-state index is 11.5. The summed E-state index contributed by atoms with van der Waals surface area (Å²) in [5, 5.41) is 0. The summed E-state index contributed by atoms with van der Waals surface area (Å²) >= 11 is 0. The van der Waals surface area contributed by atoms with Crippen molar-refractivity contribution in [3.8, 4) is 0 Å². The molecule has 16 heavy (non-hydrogen) atoms. The van der Waals surface area contributed by atoms with Gasteiger partial charge in [0, 0.05) is 19.0 Å². The van der Waals surface area contributed by atoms with Gasteiger partial charge in [0.25, 0.3) is 0 Å². The van der Waals surface area contributed by atoms with Gasteiger partial charge in [-0.2, -0.15) is 0 Å². The zero-order valence-electron chi connectivity index (χ0n) is 9.86. The number of ketones is 1. The Morgan fingerprint density at radius 2 is 2.00 bits per heavy atom. The molecule has 1 saturated carbocycles. The van der Waals surface area contributed by atoms with Gasteiger partial charge in [-0.15, -0.1) is 0 Å². The molecule has 0 heterocycles. The molecule has 0 aromatic heterocycles. The van der Waals surface area contributed by atoms with Crippen LogP contribution in [0.1, 0.15) is 31.7 Å². The molecule has 0 amide bonds. The van der Waals surface area contributed by atoms with Gasteiger partial charge in [-0.05, 0) is 18.4 Å². The SMILES string of the molecule is CCC(=O)CN(Cc1ccccc1)C1CC1. The average Bonchev–Trinajstić information content (AvgIpc) is 3.13. The van der Waals surface area contributed by atoms with E-state index in [1.165, 1.54) is 18.4 Å². The molecule has 0 saturated heterocycles. The number of carbonyl (C=O) groups is 1. The highest BCUT2D eigenvalue weighted by atomic mass is 16.1. The Labute approximate surface area is 97.3 Å². The summed E-state index contributed by atoms with van der Waals surface area (Å²) in [7, 11) is 0. The van der Waals surface area contributed by atoms with Crippen molar-refractivity contribution in [2.75, 3.05) is 6.54 Å². The van der Waals surface area contributed by atoms with E-state index in [0.717, 1.165) is 6.54 Å². The number of hydrogen-bond donors (Lipinski definition) is 0. The smallest absolute Gasteiger partial charge is 0.146 e. The molecule has 1 fully saturated rings. The second-order valence-corrected chi connectivity index (χ2v) is 4.51. The van der Waals surface area contributed by atoms with E-state index in [1.807, 2.05) is 13.0 Å². The molecule has 1 aliphatic carbocycles. The summed E-state index contributed by atoms with van der Waals surface area (Å²) < 4.78 is 0. The second-order valence-electron chi connectivity index (χ2n) is 4.51. The maximum atomic E-state index is 11.5. The monoisotopic (exact) mass is 217 g/mol. The fourth-order valence-electron chi connectivity index (χ4n) is 1.91. The Hall–Kier alpha value is -1.15. The minimum absolute atomic E-state index is 0.350. The standard InChI is InChI=1S/C14H19NO/c1-2-14(16)11-15(13-8-9-13)10-12-6-4-3-5-7-12/h3-7,13H,2,8-11H2,1H3. The van der Waals surface area contributed by atoms with E-state index in [2.05, 4.69) is 29.2 Å². The predicted octanol–water partition coefficient (Wildman–Crippen LogP) is 2.63. The molecule has 2 rings (SSSR count). The van der Waals surface area contributed by atoms with Crippen molar-refractivity contribution in [1.29, 1.82) is 0 Å². The third-order valence-corrected chi connectivity index (χ3v) is 3.07. The first kappa shape index (κ1) is 11.3. The first-order valence-electron chi connectivity index (χ1n) is 6.09.